The second-order valence-corrected chi connectivity index (χ2v) is 18.4. The second kappa shape index (κ2) is 19.6. The number of aromatic nitrogens is 4. The molecule has 2 aromatic carbocycles. The van der Waals surface area contributed by atoms with E-state index in [2.05, 4.69) is 53.8 Å². The van der Waals surface area contributed by atoms with Gasteiger partial charge in [-0.15, -0.1) is 22.7 Å². The summed E-state index contributed by atoms with van der Waals surface area (Å²) in [6.07, 6.45) is 11.5. The number of aryl methyl sites for hydroxylation is 4. The number of hydrogen-bond acceptors (Lipinski definition) is 9. The number of thiazole rings is 2. The lowest BCUT2D eigenvalue weighted by atomic mass is 10.1. The molecule has 6 heterocycles. The van der Waals surface area contributed by atoms with Gasteiger partial charge in [0.25, 0.3) is 11.8 Å². The van der Waals surface area contributed by atoms with Gasteiger partial charge in [-0.1, -0.05) is 0 Å². The SMILES string of the molecule is Cc1cc(C(=O)Nc2ccc(C(=O)O)c(C)c2)n(Cc2csc(N3CCCCC3)n2)c1.Cc1cc(C(=O)Nc2ccc(I)c(C)c2)n(Cc2csc(N3CCCCC3)n2)c1. The molecule has 60 heavy (non-hydrogen) atoms. The number of carbonyl (C=O) groups excluding carboxylic acids is 2. The van der Waals surface area contributed by atoms with E-state index in [9.17, 15) is 19.5 Å². The molecule has 0 spiro atoms. The number of rotatable bonds is 11. The van der Waals surface area contributed by atoms with Crippen LogP contribution in [-0.2, 0) is 13.1 Å². The highest BCUT2D eigenvalue weighted by molar-refractivity contribution is 14.1. The van der Waals surface area contributed by atoms with E-state index in [4.69, 9.17) is 9.97 Å². The van der Waals surface area contributed by atoms with E-state index in [1.165, 1.54) is 48.2 Å². The summed E-state index contributed by atoms with van der Waals surface area (Å²) in [4.78, 5) is 51.4. The third-order valence-electron chi connectivity index (χ3n) is 10.7. The monoisotopic (exact) mass is 958 g/mol. The van der Waals surface area contributed by atoms with Crippen molar-refractivity contribution in [2.24, 2.45) is 0 Å². The lowest BCUT2D eigenvalue weighted by Gasteiger charge is -2.25. The molecule has 2 amide bonds. The summed E-state index contributed by atoms with van der Waals surface area (Å²) in [5, 5.41) is 21.4. The number of carboxylic acids is 1. The number of hydrogen-bond donors (Lipinski definition) is 3. The maximum absolute atomic E-state index is 12.9. The molecule has 3 N–H and O–H groups in total. The normalized spacial score (nSPS) is 14.1. The van der Waals surface area contributed by atoms with Crippen molar-refractivity contribution < 1.29 is 19.5 Å². The van der Waals surface area contributed by atoms with E-state index >= 15 is 0 Å². The van der Waals surface area contributed by atoms with Crippen LogP contribution in [0, 0.1) is 31.3 Å². The van der Waals surface area contributed by atoms with E-state index in [0.717, 1.165) is 70.2 Å². The number of benzene rings is 2. The van der Waals surface area contributed by atoms with Crippen LogP contribution < -0.4 is 20.4 Å². The third kappa shape index (κ3) is 10.8. The fraction of sp³-hybridized carbons (Fsp3) is 0.356. The van der Waals surface area contributed by atoms with Crippen molar-refractivity contribution in [2.45, 2.75) is 79.3 Å². The van der Waals surface area contributed by atoms with Gasteiger partial charge in [-0.3, -0.25) is 9.59 Å². The molecule has 2 aliphatic rings. The molecule has 2 saturated heterocycles. The van der Waals surface area contributed by atoms with Crippen LogP contribution in [0.2, 0.25) is 0 Å². The van der Waals surface area contributed by atoms with Gasteiger partial charge >= 0.3 is 5.97 Å². The Hall–Kier alpha value is -5.00. The summed E-state index contributed by atoms with van der Waals surface area (Å²) < 4.78 is 5.10. The van der Waals surface area contributed by atoms with Crippen LogP contribution in [-0.4, -0.2) is 68.2 Å². The van der Waals surface area contributed by atoms with Crippen LogP contribution in [0.3, 0.4) is 0 Å². The molecular formula is C45H51IN8O4S2. The zero-order chi connectivity index (χ0) is 42.3. The fourth-order valence-electron chi connectivity index (χ4n) is 7.60. The van der Waals surface area contributed by atoms with Crippen molar-refractivity contribution in [2.75, 3.05) is 46.6 Å². The first-order valence-corrected chi connectivity index (χ1v) is 23.2. The molecule has 0 atom stereocenters. The van der Waals surface area contributed by atoms with Crippen molar-refractivity contribution in [3.63, 3.8) is 0 Å². The van der Waals surface area contributed by atoms with Crippen LogP contribution in [0.5, 0.6) is 0 Å². The molecule has 4 aromatic heterocycles. The average Bonchev–Trinajstić information content (AvgIpc) is 4.05. The molecule has 314 valence electrons. The Morgan fingerprint density at radius 1 is 0.650 bits per heavy atom. The Kier molecular flexibility index (Phi) is 14.1. The first-order chi connectivity index (χ1) is 28.9. The molecule has 0 unspecified atom stereocenters. The molecule has 0 radical (unpaired) electrons. The number of nitrogens with one attached hydrogen (secondary N) is 2. The average molecular weight is 959 g/mol. The number of anilines is 4. The molecule has 0 bridgehead atoms. The van der Waals surface area contributed by atoms with Crippen LogP contribution in [0.1, 0.15) is 104 Å². The first-order valence-electron chi connectivity index (χ1n) is 20.3. The molecular weight excluding hydrogens is 908 g/mol. The molecule has 2 fully saturated rings. The van der Waals surface area contributed by atoms with Gasteiger partial charge in [0, 0.05) is 64.3 Å². The standard InChI is InChI=1S/C23H26N4O3S.C22H25IN4OS/c1-15-10-20(21(28)24-17-6-7-19(22(29)30)16(2)11-17)27(12-15)13-18-14-31-23(25-18)26-8-4-3-5-9-26;1-15-10-20(21(28)24-17-6-7-19(23)16(2)11-17)27(12-15)13-18-14-29-22(25-18)26-8-4-3-5-9-26/h6-7,10-12,14H,3-5,8-9,13H2,1-2H3,(H,24,28)(H,29,30);6-7,10-12,14H,3-5,8-9,13H2,1-2H3,(H,24,28). The molecule has 6 aromatic rings. The Morgan fingerprint density at radius 3 is 1.53 bits per heavy atom. The first kappa shape index (κ1) is 43.1. The number of carboxylic acid groups (broad SMARTS) is 1. The van der Waals surface area contributed by atoms with E-state index in [0.29, 0.717) is 35.7 Å². The summed E-state index contributed by atoms with van der Waals surface area (Å²) in [6, 6.07) is 14.6. The van der Waals surface area contributed by atoms with Crippen molar-refractivity contribution in [3.05, 3.63) is 126 Å². The van der Waals surface area contributed by atoms with Gasteiger partial charge in [0.2, 0.25) is 0 Å². The zero-order valence-corrected chi connectivity index (χ0v) is 38.3. The zero-order valence-electron chi connectivity index (χ0n) is 34.5. The summed E-state index contributed by atoms with van der Waals surface area (Å²) in [5.41, 5.74) is 8.59. The van der Waals surface area contributed by atoms with Gasteiger partial charge in [-0.25, -0.2) is 14.8 Å². The summed E-state index contributed by atoms with van der Waals surface area (Å²) in [6.45, 7) is 13.2. The van der Waals surface area contributed by atoms with Gasteiger partial charge in [0.15, 0.2) is 10.3 Å². The number of aromatic carboxylic acids is 1. The maximum atomic E-state index is 12.9. The lowest BCUT2D eigenvalue weighted by Crippen LogP contribution is -2.29. The summed E-state index contributed by atoms with van der Waals surface area (Å²) >= 11 is 5.66. The quantitative estimate of drug-likeness (QED) is 0.109. The lowest BCUT2D eigenvalue weighted by molar-refractivity contribution is 0.0695. The minimum absolute atomic E-state index is 0.0924. The maximum Gasteiger partial charge on any atom is 0.335 e. The molecule has 0 saturated carbocycles. The second-order valence-electron chi connectivity index (χ2n) is 15.6. The largest absolute Gasteiger partial charge is 0.478 e. The van der Waals surface area contributed by atoms with Crippen LogP contribution >= 0.6 is 45.3 Å². The highest BCUT2D eigenvalue weighted by Crippen LogP contribution is 2.27. The topological polar surface area (TPSA) is 138 Å². The number of halogens is 1. The summed E-state index contributed by atoms with van der Waals surface area (Å²) in [5.74, 6) is -1.31. The fourth-order valence-corrected chi connectivity index (χ4v) is 9.67. The Bertz CT molecular complexity index is 2470. The van der Waals surface area contributed by atoms with Crippen LogP contribution in [0.4, 0.5) is 21.6 Å². The minimum atomic E-state index is -0.980. The van der Waals surface area contributed by atoms with Gasteiger partial charge in [0.1, 0.15) is 11.4 Å². The van der Waals surface area contributed by atoms with Crippen molar-refractivity contribution in [1.29, 1.82) is 0 Å². The Morgan fingerprint density at radius 2 is 1.10 bits per heavy atom. The van der Waals surface area contributed by atoms with E-state index < -0.39 is 5.97 Å². The predicted molar refractivity (Wildman–Crippen MR) is 251 cm³/mol. The van der Waals surface area contributed by atoms with Gasteiger partial charge in [0.05, 0.1) is 30.0 Å². The third-order valence-corrected chi connectivity index (χ3v) is 13.8. The predicted octanol–water partition coefficient (Wildman–Crippen LogP) is 10.0. The number of piperidine rings is 2. The Labute approximate surface area is 372 Å². The summed E-state index contributed by atoms with van der Waals surface area (Å²) in [7, 11) is 0. The van der Waals surface area contributed by atoms with Crippen molar-refractivity contribution in [1.82, 2.24) is 19.1 Å². The Balaban J connectivity index is 0.000000182. The number of nitrogens with zero attached hydrogens (tertiary/aromatic N) is 6. The van der Waals surface area contributed by atoms with E-state index in [-0.39, 0.29) is 17.4 Å². The van der Waals surface area contributed by atoms with Crippen LogP contribution in [0.25, 0.3) is 0 Å². The van der Waals surface area contributed by atoms with E-state index in [1.807, 2.05) is 72.6 Å². The van der Waals surface area contributed by atoms with Gasteiger partial charge < -0.3 is 34.7 Å². The van der Waals surface area contributed by atoms with Crippen molar-refractivity contribution in [3.8, 4) is 0 Å². The smallest absolute Gasteiger partial charge is 0.335 e. The molecule has 8 rings (SSSR count). The molecule has 15 heteroatoms. The minimum Gasteiger partial charge on any atom is -0.478 e. The highest BCUT2D eigenvalue weighted by atomic mass is 127. The van der Waals surface area contributed by atoms with Gasteiger partial charge in [-0.05, 0) is 160 Å². The molecule has 0 aliphatic carbocycles. The van der Waals surface area contributed by atoms with Gasteiger partial charge in [-0.2, -0.15) is 0 Å². The van der Waals surface area contributed by atoms with Crippen LogP contribution in [0.15, 0.2) is 71.7 Å². The number of carbonyl (C=O) groups is 3. The van der Waals surface area contributed by atoms with E-state index in [1.54, 1.807) is 41.7 Å². The highest BCUT2D eigenvalue weighted by Gasteiger charge is 2.20. The number of amides is 2. The molecule has 12 nitrogen and oxygen atoms in total. The molecule has 2 aliphatic heterocycles. The van der Waals surface area contributed by atoms with Crippen molar-refractivity contribution >= 4 is 84.7 Å².